The summed E-state index contributed by atoms with van der Waals surface area (Å²) in [6, 6.07) is 16.0. The number of benzene rings is 2. The number of carbonyl (C=O) groups is 1. The van der Waals surface area contributed by atoms with Gasteiger partial charge in [-0.25, -0.2) is 0 Å². The molecule has 1 amide bonds. The van der Waals surface area contributed by atoms with E-state index in [-0.39, 0.29) is 16.9 Å². The van der Waals surface area contributed by atoms with Gasteiger partial charge in [0.05, 0.1) is 17.0 Å². The van der Waals surface area contributed by atoms with Crippen molar-refractivity contribution >= 4 is 29.1 Å². The number of furan rings is 1. The molecule has 1 aromatic heterocycles. The van der Waals surface area contributed by atoms with E-state index in [1.54, 1.807) is 12.1 Å². The minimum Gasteiger partial charge on any atom is -0.455 e. The summed E-state index contributed by atoms with van der Waals surface area (Å²) in [4.78, 5) is 12.2. The lowest BCUT2D eigenvalue weighted by Gasteiger charge is -2.07. The van der Waals surface area contributed by atoms with Gasteiger partial charge in [0.1, 0.15) is 11.5 Å². The number of aryl methyl sites for hydroxylation is 1. The van der Waals surface area contributed by atoms with Crippen LogP contribution in [-0.4, -0.2) is 22.5 Å². The molecule has 1 saturated heterocycles. The Bertz CT molecular complexity index is 1180. The van der Waals surface area contributed by atoms with Crippen LogP contribution in [0.15, 0.2) is 75.3 Å². The van der Waals surface area contributed by atoms with E-state index >= 15 is 0 Å². The third-order valence-electron chi connectivity index (χ3n) is 4.75. The molecular weight excluding hydrogens is 439 g/mol. The van der Waals surface area contributed by atoms with Gasteiger partial charge in [-0.3, -0.25) is 4.79 Å². The molecule has 3 aromatic rings. The molecule has 1 unspecified atom stereocenters. The van der Waals surface area contributed by atoms with Gasteiger partial charge in [0.2, 0.25) is 5.91 Å². The summed E-state index contributed by atoms with van der Waals surface area (Å²) in [5.74, 6) is 0.480. The van der Waals surface area contributed by atoms with Crippen LogP contribution >= 0.6 is 11.8 Å². The molecule has 1 aliphatic rings. The van der Waals surface area contributed by atoms with E-state index in [4.69, 9.17) is 4.42 Å². The topological polar surface area (TPSA) is 67.0 Å². The first-order valence-corrected chi connectivity index (χ1v) is 10.6. The smallest absolute Gasteiger partial charge is 0.416 e. The molecule has 5 nitrogen and oxygen atoms in total. The van der Waals surface area contributed by atoms with Crippen LogP contribution in [0, 0.1) is 6.92 Å². The van der Waals surface area contributed by atoms with Gasteiger partial charge in [0.25, 0.3) is 0 Å². The summed E-state index contributed by atoms with van der Waals surface area (Å²) < 4.78 is 44.2. The molecule has 0 aliphatic carbocycles. The second-order valence-corrected chi connectivity index (χ2v) is 8.41. The van der Waals surface area contributed by atoms with E-state index in [0.717, 1.165) is 23.3 Å². The lowest BCUT2D eigenvalue weighted by Crippen LogP contribution is -2.25. The summed E-state index contributed by atoms with van der Waals surface area (Å²) >= 11 is 1.30. The molecule has 0 spiro atoms. The third-order valence-corrected chi connectivity index (χ3v) is 5.83. The highest BCUT2D eigenvalue weighted by atomic mass is 32.2. The maximum atomic E-state index is 12.9. The molecular formula is C23H18F3N3O2S. The van der Waals surface area contributed by atoms with E-state index in [0.29, 0.717) is 22.9 Å². The van der Waals surface area contributed by atoms with Gasteiger partial charge in [-0.1, -0.05) is 53.7 Å². The molecule has 1 atom stereocenters. The first-order chi connectivity index (χ1) is 15.3. The lowest BCUT2D eigenvalue weighted by atomic mass is 10.1. The Morgan fingerprint density at radius 2 is 1.91 bits per heavy atom. The Hall–Kier alpha value is -3.33. The molecule has 32 heavy (non-hydrogen) atoms. The van der Waals surface area contributed by atoms with Crippen LogP contribution in [-0.2, 0) is 17.4 Å². The largest absolute Gasteiger partial charge is 0.455 e. The number of carbonyl (C=O) groups excluding carboxylic acids is 1. The lowest BCUT2D eigenvalue weighted by molar-refractivity contribution is -0.137. The summed E-state index contributed by atoms with van der Waals surface area (Å²) in [7, 11) is 0. The molecule has 1 fully saturated rings. The standard InChI is InChI=1S/C23H18F3N3O2S/c1-14-5-7-15(8-6-14)11-20-21(30)28-22(32-20)29-27-13-18-9-10-19(31-18)16-3-2-4-17(12-16)23(24,25)26/h2-10,12-13,20H,11H2,1H3,(H,28,29,30)/b27-13+. The van der Waals surface area contributed by atoms with E-state index < -0.39 is 11.7 Å². The fraction of sp³-hybridized carbons (Fsp3) is 0.174. The predicted molar refractivity (Wildman–Crippen MR) is 119 cm³/mol. The SMILES string of the molecule is Cc1ccc(CC2S/C(=N/N=C/c3ccc(-c4cccc(C(F)(F)F)c4)o3)NC2=O)cc1. The molecule has 9 heteroatoms. The summed E-state index contributed by atoms with van der Waals surface area (Å²) in [5, 5.41) is 10.7. The van der Waals surface area contributed by atoms with Crippen LogP contribution in [0.4, 0.5) is 13.2 Å². The van der Waals surface area contributed by atoms with E-state index in [2.05, 4.69) is 15.5 Å². The number of hydrogen-bond acceptors (Lipinski definition) is 5. The molecule has 0 bridgehead atoms. The van der Waals surface area contributed by atoms with Gasteiger partial charge in [-0.05, 0) is 43.2 Å². The zero-order chi connectivity index (χ0) is 22.7. The average Bonchev–Trinajstić information content (AvgIpc) is 3.36. The molecule has 1 N–H and O–H groups in total. The maximum Gasteiger partial charge on any atom is 0.416 e. The van der Waals surface area contributed by atoms with Crippen molar-refractivity contribution in [2.24, 2.45) is 10.2 Å². The molecule has 0 radical (unpaired) electrons. The van der Waals surface area contributed by atoms with Crippen molar-refractivity contribution in [3.63, 3.8) is 0 Å². The Balaban J connectivity index is 1.40. The molecule has 2 aromatic carbocycles. The highest BCUT2D eigenvalue weighted by Gasteiger charge is 2.31. The number of rotatable bonds is 5. The van der Waals surface area contributed by atoms with Gasteiger partial charge >= 0.3 is 6.18 Å². The molecule has 164 valence electrons. The number of nitrogens with zero attached hydrogens (tertiary/aromatic N) is 2. The monoisotopic (exact) mass is 457 g/mol. The van der Waals surface area contributed by atoms with Crippen molar-refractivity contribution < 1.29 is 22.4 Å². The minimum absolute atomic E-state index is 0.130. The number of thioether (sulfide) groups is 1. The van der Waals surface area contributed by atoms with Gasteiger partial charge in [0.15, 0.2) is 5.17 Å². The van der Waals surface area contributed by atoms with Crippen molar-refractivity contribution in [1.29, 1.82) is 0 Å². The highest BCUT2D eigenvalue weighted by Crippen LogP contribution is 2.32. The highest BCUT2D eigenvalue weighted by molar-refractivity contribution is 8.15. The van der Waals surface area contributed by atoms with Crippen LogP contribution in [0.25, 0.3) is 11.3 Å². The molecule has 4 rings (SSSR count). The number of amides is 1. The summed E-state index contributed by atoms with van der Waals surface area (Å²) in [5.41, 5.74) is 1.78. The van der Waals surface area contributed by atoms with Crippen molar-refractivity contribution in [2.45, 2.75) is 24.8 Å². The normalized spacial score (nSPS) is 17.9. The fourth-order valence-electron chi connectivity index (χ4n) is 3.09. The molecule has 0 saturated carbocycles. The van der Waals surface area contributed by atoms with Crippen LogP contribution in [0.1, 0.15) is 22.5 Å². The first-order valence-electron chi connectivity index (χ1n) is 9.69. The number of nitrogens with one attached hydrogen (secondary N) is 1. The fourth-order valence-corrected chi connectivity index (χ4v) is 4.05. The van der Waals surface area contributed by atoms with Gasteiger partial charge in [0, 0.05) is 5.56 Å². The van der Waals surface area contributed by atoms with E-state index in [9.17, 15) is 18.0 Å². The summed E-state index contributed by atoms with van der Waals surface area (Å²) in [6.45, 7) is 2.01. The van der Waals surface area contributed by atoms with Crippen LogP contribution < -0.4 is 5.32 Å². The Kier molecular flexibility index (Phi) is 6.18. The Morgan fingerprint density at radius 3 is 2.66 bits per heavy atom. The third kappa shape index (κ3) is 5.28. The maximum absolute atomic E-state index is 12.9. The second kappa shape index (κ2) is 9.04. The zero-order valence-electron chi connectivity index (χ0n) is 16.9. The number of halogens is 3. The number of alkyl halides is 3. The second-order valence-electron chi connectivity index (χ2n) is 7.22. The van der Waals surface area contributed by atoms with E-state index in [1.165, 1.54) is 30.1 Å². The number of amidine groups is 1. The van der Waals surface area contributed by atoms with Gasteiger partial charge < -0.3 is 9.73 Å². The van der Waals surface area contributed by atoms with Crippen molar-refractivity contribution in [2.75, 3.05) is 0 Å². The van der Waals surface area contributed by atoms with Crippen molar-refractivity contribution in [1.82, 2.24) is 5.32 Å². The van der Waals surface area contributed by atoms with Gasteiger partial charge in [-0.2, -0.15) is 18.3 Å². The average molecular weight is 457 g/mol. The predicted octanol–water partition coefficient (Wildman–Crippen LogP) is 5.44. The van der Waals surface area contributed by atoms with Crippen LogP contribution in [0.2, 0.25) is 0 Å². The zero-order valence-corrected chi connectivity index (χ0v) is 17.7. The van der Waals surface area contributed by atoms with Gasteiger partial charge in [-0.15, -0.1) is 5.10 Å². The number of hydrogen-bond donors (Lipinski definition) is 1. The van der Waals surface area contributed by atoms with Crippen LogP contribution in [0.3, 0.4) is 0 Å². The van der Waals surface area contributed by atoms with Crippen LogP contribution in [0.5, 0.6) is 0 Å². The Labute approximate surface area is 186 Å². The summed E-state index contributed by atoms with van der Waals surface area (Å²) in [6.07, 6.45) is -2.51. The minimum atomic E-state index is -4.43. The van der Waals surface area contributed by atoms with Crippen molar-refractivity contribution in [3.05, 3.63) is 83.1 Å². The first kappa shape index (κ1) is 21.9. The molecule has 2 heterocycles. The molecule has 1 aliphatic heterocycles. The van der Waals surface area contributed by atoms with E-state index in [1.807, 2.05) is 31.2 Å². The van der Waals surface area contributed by atoms with Crippen molar-refractivity contribution in [3.8, 4) is 11.3 Å². The quantitative estimate of drug-likeness (QED) is 0.410. The Morgan fingerprint density at radius 1 is 1.12 bits per heavy atom.